The van der Waals surface area contributed by atoms with Crippen molar-refractivity contribution in [3.8, 4) is 0 Å². The second-order valence-electron chi connectivity index (χ2n) is 0.893. The molecule has 0 bridgehead atoms. The van der Waals surface area contributed by atoms with Crippen molar-refractivity contribution in [1.82, 2.24) is 0 Å². The maximum absolute atomic E-state index is 8.24. The van der Waals surface area contributed by atoms with Crippen molar-refractivity contribution in [2.75, 3.05) is 6.61 Å². The van der Waals surface area contributed by atoms with Gasteiger partial charge in [0.25, 0.3) is 0 Å². The standard InChI is InChI=1S/C3H8O2/c1-3(5)2-4/h3-5H,2H2,1H3/i3D. The minimum Gasteiger partial charge on any atom is -0.394 e. The molecule has 0 rings (SSSR count). The van der Waals surface area contributed by atoms with Gasteiger partial charge in [-0.15, -0.1) is 0 Å². The van der Waals surface area contributed by atoms with Gasteiger partial charge in [0.05, 0.1) is 14.1 Å². The van der Waals surface area contributed by atoms with Gasteiger partial charge in [0.15, 0.2) is 0 Å². The number of rotatable bonds is 1. The summed E-state index contributed by atoms with van der Waals surface area (Å²) in [4.78, 5) is 0. The Bertz CT molecular complexity index is 38.5. The minimum atomic E-state index is -1.65. The van der Waals surface area contributed by atoms with Gasteiger partial charge in [-0.05, 0) is 6.92 Å². The summed E-state index contributed by atoms with van der Waals surface area (Å²) in [5, 5.41) is 16.2. The van der Waals surface area contributed by atoms with Crippen LogP contribution < -0.4 is 0 Å². The van der Waals surface area contributed by atoms with Gasteiger partial charge in [-0.25, -0.2) is 0 Å². The second kappa shape index (κ2) is 2.18. The fourth-order valence-electron chi connectivity index (χ4n) is 0. The molecule has 0 aliphatic carbocycles. The predicted octanol–water partition coefficient (Wildman–Crippen LogP) is -0.641. The van der Waals surface area contributed by atoms with Gasteiger partial charge in [-0.3, -0.25) is 0 Å². The first kappa shape index (κ1) is 3.12. The van der Waals surface area contributed by atoms with Crippen LogP contribution in [-0.2, 0) is 0 Å². The Kier molecular flexibility index (Phi) is 1.36. The highest BCUT2D eigenvalue weighted by atomic mass is 16.3. The Morgan fingerprint density at radius 1 is 2.20 bits per heavy atom. The lowest BCUT2D eigenvalue weighted by Crippen LogP contribution is -2.03. The fraction of sp³-hybridized carbons (Fsp3) is 1.00. The molecule has 0 aliphatic heterocycles. The Morgan fingerprint density at radius 2 is 2.40 bits per heavy atom. The first-order valence-corrected chi connectivity index (χ1v) is 1.39. The summed E-state index contributed by atoms with van der Waals surface area (Å²) in [6.07, 6.45) is -1.65. The molecular weight excluding hydrogens is 68.0 g/mol. The van der Waals surface area contributed by atoms with Crippen LogP contribution >= 0.6 is 0 Å². The molecular formula is C3H8O2. The summed E-state index contributed by atoms with van der Waals surface area (Å²) in [6, 6.07) is 0. The third kappa shape index (κ3) is 3.92. The minimum absolute atomic E-state index is 0.507. The summed E-state index contributed by atoms with van der Waals surface area (Å²) in [6.45, 7) is 0.708. The van der Waals surface area contributed by atoms with Crippen LogP contribution in [0.4, 0.5) is 0 Å². The molecule has 0 aromatic rings. The highest BCUT2D eigenvalue weighted by Gasteiger charge is 1.83. The molecule has 2 nitrogen and oxygen atoms in total. The topological polar surface area (TPSA) is 40.5 Å². The quantitative estimate of drug-likeness (QED) is 0.437. The van der Waals surface area contributed by atoms with E-state index in [0.717, 1.165) is 0 Å². The van der Waals surface area contributed by atoms with Crippen LogP contribution in [0.25, 0.3) is 0 Å². The summed E-state index contributed by atoms with van der Waals surface area (Å²) >= 11 is 0. The predicted molar refractivity (Wildman–Crippen MR) is 18.8 cm³/mol. The van der Waals surface area contributed by atoms with Crippen LogP contribution in [-0.4, -0.2) is 22.9 Å². The van der Waals surface area contributed by atoms with E-state index in [9.17, 15) is 0 Å². The summed E-state index contributed by atoms with van der Waals surface area (Å²) in [5.74, 6) is 0. The third-order valence-corrected chi connectivity index (χ3v) is 0.229. The summed E-state index contributed by atoms with van der Waals surface area (Å²) < 4.78 is 6.49. The normalized spacial score (nSPS) is 24.2. The second-order valence-corrected chi connectivity index (χ2v) is 0.893. The van der Waals surface area contributed by atoms with E-state index in [-0.39, 0.29) is 0 Å². The van der Waals surface area contributed by atoms with Crippen LogP contribution in [0, 0.1) is 0 Å². The summed E-state index contributed by atoms with van der Waals surface area (Å²) in [5.41, 5.74) is 0. The van der Waals surface area contributed by atoms with Crippen LogP contribution in [0.15, 0.2) is 0 Å². The molecule has 32 valence electrons. The van der Waals surface area contributed by atoms with E-state index < -0.39 is 12.7 Å². The largest absolute Gasteiger partial charge is 0.394 e. The summed E-state index contributed by atoms with van der Waals surface area (Å²) in [7, 11) is 0. The zero-order chi connectivity index (χ0) is 5.21. The van der Waals surface area contributed by atoms with E-state index in [0.29, 0.717) is 0 Å². The monoisotopic (exact) mass is 77.1 g/mol. The van der Waals surface area contributed by atoms with Gasteiger partial charge in [0, 0.05) is 0 Å². The van der Waals surface area contributed by atoms with Crippen molar-refractivity contribution >= 4 is 0 Å². The molecule has 5 heavy (non-hydrogen) atoms. The number of aliphatic hydroxyl groups excluding tert-OH is 1. The Hall–Kier alpha value is -0.0800. The molecule has 0 radical (unpaired) electrons. The molecule has 1 unspecified atom stereocenters. The number of hydrogen-bond acceptors (Lipinski definition) is 2. The van der Waals surface area contributed by atoms with Gasteiger partial charge >= 0.3 is 0 Å². The van der Waals surface area contributed by atoms with Crippen molar-refractivity contribution in [1.29, 1.82) is 0 Å². The molecule has 0 aliphatic rings. The van der Waals surface area contributed by atoms with Crippen molar-refractivity contribution in [2.45, 2.75) is 13.0 Å². The van der Waals surface area contributed by atoms with Gasteiger partial charge in [-0.1, -0.05) is 0 Å². The van der Waals surface area contributed by atoms with Gasteiger partial charge in [0.2, 0.25) is 0 Å². The van der Waals surface area contributed by atoms with Crippen LogP contribution in [0.2, 0.25) is 0 Å². The highest BCUT2D eigenvalue weighted by molar-refractivity contribution is 4.33. The van der Waals surface area contributed by atoms with Gasteiger partial charge < -0.3 is 10.2 Å². The van der Waals surface area contributed by atoms with Crippen molar-refractivity contribution < 1.29 is 11.6 Å². The molecule has 0 aromatic carbocycles. The lowest BCUT2D eigenvalue weighted by atomic mass is 10.5. The molecule has 2 heteroatoms. The lowest BCUT2D eigenvalue weighted by Gasteiger charge is -1.90. The zero-order valence-corrected chi connectivity index (χ0v) is 3.10. The van der Waals surface area contributed by atoms with E-state index >= 15 is 0 Å². The van der Waals surface area contributed by atoms with Crippen LogP contribution in [0.3, 0.4) is 0 Å². The first-order valence-electron chi connectivity index (χ1n) is 1.89. The Morgan fingerprint density at radius 3 is 2.40 bits per heavy atom. The first-order chi connectivity index (χ1) is 2.56. The average Bonchev–Trinajstić information content (AvgIpc) is 1.35. The molecule has 0 saturated carbocycles. The Labute approximate surface area is 32.5 Å². The van der Waals surface area contributed by atoms with E-state index in [1.807, 2.05) is 0 Å². The Balaban J connectivity index is 3.17. The molecule has 0 heterocycles. The zero-order valence-electron chi connectivity index (χ0n) is 4.10. The molecule has 1 atom stereocenters. The van der Waals surface area contributed by atoms with Crippen LogP contribution in [0.1, 0.15) is 8.29 Å². The maximum Gasteiger partial charge on any atom is 0.0742 e. The smallest absolute Gasteiger partial charge is 0.0742 e. The lowest BCUT2D eigenvalue weighted by molar-refractivity contribution is 0.110. The number of hydrogen-bond donors (Lipinski definition) is 2. The molecule has 0 spiro atoms. The molecule has 2 N–H and O–H groups in total. The molecule has 0 amide bonds. The molecule has 0 aromatic heterocycles. The van der Waals surface area contributed by atoms with E-state index in [1.54, 1.807) is 0 Å². The SMILES string of the molecule is [2H]C(C)(O)CO. The van der Waals surface area contributed by atoms with Crippen LogP contribution in [0.5, 0.6) is 0 Å². The van der Waals surface area contributed by atoms with Crippen molar-refractivity contribution in [3.05, 3.63) is 0 Å². The van der Waals surface area contributed by atoms with Gasteiger partial charge in [-0.2, -0.15) is 0 Å². The van der Waals surface area contributed by atoms with Gasteiger partial charge in [0.1, 0.15) is 0 Å². The molecule has 0 saturated heterocycles. The molecule has 0 fully saturated rings. The van der Waals surface area contributed by atoms with Crippen molar-refractivity contribution in [3.63, 3.8) is 0 Å². The fourth-order valence-corrected chi connectivity index (χ4v) is 0. The van der Waals surface area contributed by atoms with E-state index in [2.05, 4.69) is 0 Å². The van der Waals surface area contributed by atoms with E-state index in [1.165, 1.54) is 6.92 Å². The van der Waals surface area contributed by atoms with Crippen molar-refractivity contribution in [2.24, 2.45) is 0 Å². The third-order valence-electron chi connectivity index (χ3n) is 0.229. The highest BCUT2D eigenvalue weighted by Crippen LogP contribution is 1.68. The van der Waals surface area contributed by atoms with E-state index in [4.69, 9.17) is 11.6 Å². The number of aliphatic hydroxyl groups is 2. The maximum atomic E-state index is 8.24. The average molecular weight is 77.1 g/mol.